The molecule has 3 rings (SSSR count). The Morgan fingerprint density at radius 1 is 1.08 bits per heavy atom. The van der Waals surface area contributed by atoms with Gasteiger partial charge in [-0.05, 0) is 39.0 Å². The van der Waals surface area contributed by atoms with Crippen molar-refractivity contribution in [3.8, 4) is 0 Å². The maximum Gasteiger partial charge on any atom is 0.254 e. The third kappa shape index (κ3) is 3.73. The van der Waals surface area contributed by atoms with Gasteiger partial charge in [-0.2, -0.15) is 0 Å². The van der Waals surface area contributed by atoms with E-state index in [9.17, 15) is 9.59 Å². The molecule has 5 heteroatoms. The van der Waals surface area contributed by atoms with Gasteiger partial charge in [-0.25, -0.2) is 0 Å². The summed E-state index contributed by atoms with van der Waals surface area (Å²) in [6.07, 6.45) is 0. The van der Waals surface area contributed by atoms with Gasteiger partial charge >= 0.3 is 0 Å². The van der Waals surface area contributed by atoms with Crippen LogP contribution in [-0.4, -0.2) is 53.9 Å². The van der Waals surface area contributed by atoms with Gasteiger partial charge in [0.25, 0.3) is 5.91 Å². The smallest absolute Gasteiger partial charge is 0.254 e. The van der Waals surface area contributed by atoms with Gasteiger partial charge in [-0.3, -0.25) is 9.59 Å². The Bertz CT molecular complexity index is 787. The van der Waals surface area contributed by atoms with E-state index in [2.05, 4.69) is 11.5 Å². The summed E-state index contributed by atoms with van der Waals surface area (Å²) in [5.41, 5.74) is 3.78. The Morgan fingerprint density at radius 3 is 2.31 bits per heavy atom. The topological polar surface area (TPSA) is 46.8 Å². The molecule has 0 bridgehead atoms. The lowest BCUT2D eigenvalue weighted by Gasteiger charge is -2.32. The van der Waals surface area contributed by atoms with Gasteiger partial charge in [0.15, 0.2) is 0 Å². The lowest BCUT2D eigenvalue weighted by Crippen LogP contribution is -3.15. The van der Waals surface area contributed by atoms with Crippen molar-refractivity contribution < 1.29 is 14.5 Å². The number of Topliss-reactive ketones (excluding diaryl/α,β-unsaturated/α-hetero) is 1. The van der Waals surface area contributed by atoms with Crippen LogP contribution in [0.3, 0.4) is 0 Å². The van der Waals surface area contributed by atoms with E-state index < -0.39 is 0 Å². The molecule has 0 spiro atoms. The van der Waals surface area contributed by atoms with Gasteiger partial charge < -0.3 is 14.4 Å². The highest BCUT2D eigenvalue weighted by molar-refractivity contribution is 5.98. The van der Waals surface area contributed by atoms with Crippen LogP contribution in [0.25, 0.3) is 0 Å². The van der Waals surface area contributed by atoms with Gasteiger partial charge in [-0.1, -0.05) is 18.2 Å². The van der Waals surface area contributed by atoms with Gasteiger partial charge in [0.2, 0.25) is 5.78 Å². The van der Waals surface area contributed by atoms with Crippen molar-refractivity contribution in [3.05, 3.63) is 58.9 Å². The molecular formula is C21H28N3O2+. The average molecular weight is 354 g/mol. The highest BCUT2D eigenvalue weighted by Gasteiger charge is 2.27. The first-order valence-electron chi connectivity index (χ1n) is 9.39. The predicted molar refractivity (Wildman–Crippen MR) is 102 cm³/mol. The Morgan fingerprint density at radius 2 is 1.73 bits per heavy atom. The molecule has 2 heterocycles. The minimum absolute atomic E-state index is 0.0856. The summed E-state index contributed by atoms with van der Waals surface area (Å²) in [5, 5.41) is 0. The van der Waals surface area contributed by atoms with Crippen molar-refractivity contribution in [1.82, 2.24) is 9.47 Å². The standard InChI is InChI=1S/C21H27N3O2/c1-4-24-16(2)14-19(17(24)3)20(25)15-22-10-12-23(13-11-22)21(26)18-8-6-5-7-9-18/h5-9,14H,4,10-13,15H2,1-3H3/p+1. The summed E-state index contributed by atoms with van der Waals surface area (Å²) in [6.45, 7) is 10.6. The number of nitrogens with zero attached hydrogens (tertiary/aromatic N) is 2. The molecule has 0 atom stereocenters. The molecule has 0 saturated carbocycles. The maximum absolute atomic E-state index is 12.7. The summed E-state index contributed by atoms with van der Waals surface area (Å²) in [7, 11) is 0. The van der Waals surface area contributed by atoms with E-state index in [1.54, 1.807) is 0 Å². The van der Waals surface area contributed by atoms with Crippen LogP contribution in [0.4, 0.5) is 0 Å². The molecule has 26 heavy (non-hydrogen) atoms. The highest BCUT2D eigenvalue weighted by atomic mass is 16.2. The molecule has 5 nitrogen and oxygen atoms in total. The zero-order valence-corrected chi connectivity index (χ0v) is 15.9. The van der Waals surface area contributed by atoms with Crippen LogP contribution in [0.5, 0.6) is 0 Å². The third-order valence-electron chi connectivity index (χ3n) is 5.38. The van der Waals surface area contributed by atoms with Crippen molar-refractivity contribution in [2.24, 2.45) is 0 Å². The Balaban J connectivity index is 1.57. The number of quaternary nitrogens is 1. The summed E-state index contributed by atoms with van der Waals surface area (Å²) in [5.74, 6) is 0.290. The zero-order valence-electron chi connectivity index (χ0n) is 15.9. The molecule has 138 valence electrons. The predicted octanol–water partition coefficient (Wildman–Crippen LogP) is 1.35. The van der Waals surface area contributed by atoms with Crippen molar-refractivity contribution >= 4 is 11.7 Å². The Hall–Kier alpha value is -2.40. The Kier molecular flexibility index (Phi) is 5.57. The fraction of sp³-hybridized carbons (Fsp3) is 0.429. The van der Waals surface area contributed by atoms with Crippen molar-refractivity contribution in [3.63, 3.8) is 0 Å². The number of rotatable bonds is 5. The van der Waals surface area contributed by atoms with E-state index >= 15 is 0 Å². The summed E-state index contributed by atoms with van der Waals surface area (Å²) >= 11 is 0. The van der Waals surface area contributed by atoms with Gasteiger partial charge in [0.1, 0.15) is 6.54 Å². The minimum atomic E-state index is 0.0856. The number of benzene rings is 1. The molecule has 1 aliphatic rings. The molecule has 2 aromatic rings. The second kappa shape index (κ2) is 7.87. The molecule has 1 aromatic carbocycles. The largest absolute Gasteiger partial charge is 0.349 e. The molecule has 0 aliphatic carbocycles. The molecule has 1 N–H and O–H groups in total. The van der Waals surface area contributed by atoms with E-state index in [1.807, 2.05) is 55.1 Å². The lowest BCUT2D eigenvalue weighted by atomic mass is 10.1. The van der Waals surface area contributed by atoms with Gasteiger partial charge in [0, 0.05) is 29.1 Å². The van der Waals surface area contributed by atoms with Crippen molar-refractivity contribution in [1.29, 1.82) is 0 Å². The molecule has 1 aliphatic heterocycles. The molecule has 1 saturated heterocycles. The number of amides is 1. The van der Waals surface area contributed by atoms with Gasteiger partial charge in [0.05, 0.1) is 26.2 Å². The van der Waals surface area contributed by atoms with E-state index in [1.165, 1.54) is 4.90 Å². The number of hydrogen-bond acceptors (Lipinski definition) is 2. The van der Waals surface area contributed by atoms with Crippen LogP contribution in [0.2, 0.25) is 0 Å². The number of nitrogens with one attached hydrogen (secondary N) is 1. The van der Waals surface area contributed by atoms with Crippen molar-refractivity contribution in [2.45, 2.75) is 27.3 Å². The molecule has 1 fully saturated rings. The van der Waals surface area contributed by atoms with Crippen molar-refractivity contribution in [2.75, 3.05) is 32.7 Å². The number of ketones is 1. The number of carbonyl (C=O) groups is 2. The van der Waals surface area contributed by atoms with E-state index in [-0.39, 0.29) is 11.7 Å². The van der Waals surface area contributed by atoms with Crippen LogP contribution in [0.1, 0.15) is 39.0 Å². The number of aryl methyl sites for hydroxylation is 1. The molecule has 1 aromatic heterocycles. The average Bonchev–Trinajstić information content (AvgIpc) is 2.96. The zero-order chi connectivity index (χ0) is 18.7. The molecule has 0 unspecified atom stereocenters. The third-order valence-corrected chi connectivity index (χ3v) is 5.38. The first kappa shape index (κ1) is 18.4. The van der Waals surface area contributed by atoms with E-state index in [0.29, 0.717) is 19.6 Å². The second-order valence-electron chi connectivity index (χ2n) is 7.04. The number of carbonyl (C=O) groups excluding carboxylic acids is 2. The summed E-state index contributed by atoms with van der Waals surface area (Å²) in [6, 6.07) is 11.4. The molecular weight excluding hydrogens is 326 g/mol. The van der Waals surface area contributed by atoms with Crippen LogP contribution in [0, 0.1) is 13.8 Å². The fourth-order valence-electron chi connectivity index (χ4n) is 3.86. The highest BCUT2D eigenvalue weighted by Crippen LogP contribution is 2.15. The number of hydrogen-bond donors (Lipinski definition) is 1. The van der Waals surface area contributed by atoms with Crippen LogP contribution in [-0.2, 0) is 6.54 Å². The van der Waals surface area contributed by atoms with Crippen LogP contribution in [0.15, 0.2) is 36.4 Å². The lowest BCUT2D eigenvalue weighted by molar-refractivity contribution is -0.895. The van der Waals surface area contributed by atoms with E-state index in [0.717, 1.165) is 42.1 Å². The Labute approximate surface area is 155 Å². The number of piperazine rings is 1. The second-order valence-corrected chi connectivity index (χ2v) is 7.04. The van der Waals surface area contributed by atoms with E-state index in [4.69, 9.17) is 0 Å². The normalized spacial score (nSPS) is 15.3. The first-order chi connectivity index (χ1) is 12.5. The van der Waals surface area contributed by atoms with Crippen LogP contribution >= 0.6 is 0 Å². The summed E-state index contributed by atoms with van der Waals surface area (Å²) in [4.78, 5) is 28.4. The monoisotopic (exact) mass is 354 g/mol. The first-order valence-corrected chi connectivity index (χ1v) is 9.39. The SMILES string of the molecule is CCn1c(C)cc(C(=O)C[NH+]2CCN(C(=O)c3ccccc3)CC2)c1C. The summed E-state index contributed by atoms with van der Waals surface area (Å²) < 4.78 is 2.18. The maximum atomic E-state index is 12.7. The fourth-order valence-corrected chi connectivity index (χ4v) is 3.86. The number of aromatic nitrogens is 1. The molecule has 1 amide bonds. The van der Waals surface area contributed by atoms with Gasteiger partial charge in [-0.15, -0.1) is 0 Å². The molecule has 0 radical (unpaired) electrons. The van der Waals surface area contributed by atoms with Crippen LogP contribution < -0.4 is 4.90 Å². The quantitative estimate of drug-likeness (QED) is 0.824. The minimum Gasteiger partial charge on any atom is -0.349 e.